The standard InChI is InChI=1S/C20H25N3OS/c1-16-7-9-18(10-8-16)22-20(25)21-13-19-15-23(11-12-24-19)14-17-5-3-2-4-6-17/h2-10,19H,11-15H2,1H3,(H2,21,22,25)/t19-/m1/s1. The van der Waals surface area contributed by atoms with Crippen molar-refractivity contribution in [2.45, 2.75) is 19.6 Å². The van der Waals surface area contributed by atoms with E-state index in [1.165, 1.54) is 11.1 Å². The molecule has 1 heterocycles. The van der Waals surface area contributed by atoms with Crippen LogP contribution in [-0.4, -0.2) is 42.4 Å². The Balaban J connectivity index is 1.43. The number of nitrogens with one attached hydrogen (secondary N) is 2. The zero-order valence-corrected chi connectivity index (χ0v) is 15.4. The summed E-state index contributed by atoms with van der Waals surface area (Å²) in [5.74, 6) is 0. The van der Waals surface area contributed by atoms with E-state index in [1.807, 2.05) is 12.1 Å². The number of thiocarbonyl (C=S) groups is 1. The van der Waals surface area contributed by atoms with Crippen molar-refractivity contribution >= 4 is 23.0 Å². The molecule has 132 valence electrons. The summed E-state index contributed by atoms with van der Waals surface area (Å²) in [6, 6.07) is 18.8. The largest absolute Gasteiger partial charge is 0.374 e. The Bertz CT molecular complexity index is 675. The van der Waals surface area contributed by atoms with Crippen LogP contribution in [0.5, 0.6) is 0 Å². The highest BCUT2D eigenvalue weighted by Crippen LogP contribution is 2.11. The first-order valence-corrected chi connectivity index (χ1v) is 9.09. The third kappa shape index (κ3) is 5.81. The second-order valence-corrected chi connectivity index (χ2v) is 6.82. The first-order chi connectivity index (χ1) is 12.2. The van der Waals surface area contributed by atoms with Gasteiger partial charge in [0.05, 0.1) is 12.7 Å². The van der Waals surface area contributed by atoms with Gasteiger partial charge >= 0.3 is 0 Å². The van der Waals surface area contributed by atoms with E-state index in [0.29, 0.717) is 11.7 Å². The van der Waals surface area contributed by atoms with Crippen LogP contribution in [0.2, 0.25) is 0 Å². The fraction of sp³-hybridized carbons (Fsp3) is 0.350. The minimum Gasteiger partial charge on any atom is -0.374 e. The van der Waals surface area contributed by atoms with Gasteiger partial charge in [0.15, 0.2) is 5.11 Å². The van der Waals surface area contributed by atoms with Crippen LogP contribution in [0.15, 0.2) is 54.6 Å². The van der Waals surface area contributed by atoms with Crippen molar-refractivity contribution in [3.8, 4) is 0 Å². The van der Waals surface area contributed by atoms with Gasteiger partial charge in [0.2, 0.25) is 0 Å². The number of ether oxygens (including phenoxy) is 1. The normalized spacial score (nSPS) is 17.9. The molecule has 0 bridgehead atoms. The molecule has 2 aromatic rings. The van der Waals surface area contributed by atoms with E-state index >= 15 is 0 Å². The van der Waals surface area contributed by atoms with Gasteiger partial charge < -0.3 is 15.4 Å². The SMILES string of the molecule is Cc1ccc(NC(=S)NC[C@@H]2CN(Cc3ccccc3)CCO2)cc1. The van der Waals surface area contributed by atoms with Gasteiger partial charge in [-0.15, -0.1) is 0 Å². The van der Waals surface area contributed by atoms with E-state index in [4.69, 9.17) is 17.0 Å². The predicted octanol–water partition coefficient (Wildman–Crippen LogP) is 3.18. The Kier molecular flexibility index (Phi) is 6.39. The molecule has 0 saturated carbocycles. The van der Waals surface area contributed by atoms with Crippen LogP contribution in [0.4, 0.5) is 5.69 Å². The topological polar surface area (TPSA) is 36.5 Å². The van der Waals surface area contributed by atoms with E-state index < -0.39 is 0 Å². The zero-order chi connectivity index (χ0) is 17.5. The average molecular weight is 356 g/mol. The van der Waals surface area contributed by atoms with E-state index in [0.717, 1.165) is 31.9 Å². The quantitative estimate of drug-likeness (QED) is 0.806. The Morgan fingerprint density at radius 3 is 2.68 bits per heavy atom. The highest BCUT2D eigenvalue weighted by atomic mass is 32.1. The molecule has 0 unspecified atom stereocenters. The molecule has 1 saturated heterocycles. The number of anilines is 1. The monoisotopic (exact) mass is 355 g/mol. The average Bonchev–Trinajstić information content (AvgIpc) is 2.63. The van der Waals surface area contributed by atoms with Crippen LogP contribution in [0.3, 0.4) is 0 Å². The molecule has 25 heavy (non-hydrogen) atoms. The molecule has 2 N–H and O–H groups in total. The molecule has 0 spiro atoms. The molecule has 1 atom stereocenters. The van der Waals surface area contributed by atoms with Crippen molar-refractivity contribution in [3.63, 3.8) is 0 Å². The van der Waals surface area contributed by atoms with Crippen LogP contribution in [0.25, 0.3) is 0 Å². The number of aryl methyl sites for hydroxylation is 1. The molecule has 1 aliphatic heterocycles. The zero-order valence-electron chi connectivity index (χ0n) is 14.6. The third-order valence-corrected chi connectivity index (χ3v) is 4.52. The lowest BCUT2D eigenvalue weighted by atomic mass is 10.2. The van der Waals surface area contributed by atoms with E-state index in [9.17, 15) is 0 Å². The first kappa shape index (κ1) is 17.9. The summed E-state index contributed by atoms with van der Waals surface area (Å²) in [5, 5.41) is 7.11. The number of hydrogen-bond acceptors (Lipinski definition) is 3. The maximum absolute atomic E-state index is 5.87. The number of rotatable bonds is 5. The van der Waals surface area contributed by atoms with Crippen molar-refractivity contribution < 1.29 is 4.74 Å². The van der Waals surface area contributed by atoms with Gasteiger partial charge in [0.25, 0.3) is 0 Å². The van der Waals surface area contributed by atoms with Crippen LogP contribution in [0, 0.1) is 6.92 Å². The maximum Gasteiger partial charge on any atom is 0.170 e. The molecular formula is C20H25N3OS. The molecular weight excluding hydrogens is 330 g/mol. The number of benzene rings is 2. The van der Waals surface area contributed by atoms with Crippen molar-refractivity contribution in [2.75, 3.05) is 31.6 Å². The van der Waals surface area contributed by atoms with Crippen molar-refractivity contribution in [3.05, 3.63) is 65.7 Å². The minimum atomic E-state index is 0.148. The molecule has 1 aliphatic rings. The summed E-state index contributed by atoms with van der Waals surface area (Å²) in [6.07, 6.45) is 0.148. The lowest BCUT2D eigenvalue weighted by Crippen LogP contribution is -2.47. The van der Waals surface area contributed by atoms with E-state index in [2.05, 4.69) is 64.9 Å². The summed E-state index contributed by atoms with van der Waals surface area (Å²) in [7, 11) is 0. The molecule has 5 heteroatoms. The van der Waals surface area contributed by atoms with Gasteiger partial charge in [0.1, 0.15) is 0 Å². The summed E-state index contributed by atoms with van der Waals surface area (Å²) in [5.41, 5.74) is 3.57. The number of morpholine rings is 1. The number of nitrogens with zero attached hydrogens (tertiary/aromatic N) is 1. The van der Waals surface area contributed by atoms with Crippen molar-refractivity contribution in [1.29, 1.82) is 0 Å². The van der Waals surface area contributed by atoms with Gasteiger partial charge in [-0.05, 0) is 36.8 Å². The summed E-state index contributed by atoms with van der Waals surface area (Å²) in [4.78, 5) is 2.43. The maximum atomic E-state index is 5.87. The van der Waals surface area contributed by atoms with Gasteiger partial charge in [0, 0.05) is 31.9 Å². The molecule has 2 aromatic carbocycles. The highest BCUT2D eigenvalue weighted by Gasteiger charge is 2.20. The molecule has 3 rings (SSSR count). The van der Waals surface area contributed by atoms with Gasteiger partial charge in [-0.2, -0.15) is 0 Å². The van der Waals surface area contributed by atoms with E-state index in [-0.39, 0.29) is 6.10 Å². The fourth-order valence-corrected chi connectivity index (χ4v) is 3.11. The predicted molar refractivity (Wildman–Crippen MR) is 107 cm³/mol. The molecule has 1 fully saturated rings. The Labute approximate surface area is 155 Å². The van der Waals surface area contributed by atoms with Crippen LogP contribution >= 0.6 is 12.2 Å². The van der Waals surface area contributed by atoms with Gasteiger partial charge in [-0.1, -0.05) is 48.0 Å². The lowest BCUT2D eigenvalue weighted by Gasteiger charge is -2.33. The summed E-state index contributed by atoms with van der Waals surface area (Å²) in [6.45, 7) is 6.39. The Morgan fingerprint density at radius 2 is 1.92 bits per heavy atom. The molecule has 0 aliphatic carbocycles. The number of hydrogen-bond donors (Lipinski definition) is 2. The second-order valence-electron chi connectivity index (χ2n) is 6.41. The van der Waals surface area contributed by atoms with Gasteiger partial charge in [-0.3, -0.25) is 4.90 Å². The molecule has 0 radical (unpaired) electrons. The Hall–Kier alpha value is -1.95. The summed E-state index contributed by atoms with van der Waals surface area (Å²) < 4.78 is 5.87. The molecule has 0 amide bonds. The van der Waals surface area contributed by atoms with Gasteiger partial charge in [-0.25, -0.2) is 0 Å². The highest BCUT2D eigenvalue weighted by molar-refractivity contribution is 7.80. The van der Waals surface area contributed by atoms with Crippen molar-refractivity contribution in [1.82, 2.24) is 10.2 Å². The third-order valence-electron chi connectivity index (χ3n) is 4.27. The lowest BCUT2D eigenvalue weighted by molar-refractivity contribution is -0.0279. The van der Waals surface area contributed by atoms with Crippen molar-refractivity contribution in [2.24, 2.45) is 0 Å². The smallest absolute Gasteiger partial charge is 0.170 e. The van der Waals surface area contributed by atoms with Crippen LogP contribution in [0.1, 0.15) is 11.1 Å². The second kappa shape index (κ2) is 8.94. The fourth-order valence-electron chi connectivity index (χ4n) is 2.91. The minimum absolute atomic E-state index is 0.148. The van der Waals surface area contributed by atoms with Crippen LogP contribution in [-0.2, 0) is 11.3 Å². The molecule has 0 aromatic heterocycles. The van der Waals surface area contributed by atoms with E-state index in [1.54, 1.807) is 0 Å². The first-order valence-electron chi connectivity index (χ1n) is 8.68. The summed E-state index contributed by atoms with van der Waals surface area (Å²) >= 11 is 5.38. The van der Waals surface area contributed by atoms with Crippen LogP contribution < -0.4 is 10.6 Å². The Morgan fingerprint density at radius 1 is 1.16 bits per heavy atom. The molecule has 4 nitrogen and oxygen atoms in total.